The van der Waals surface area contributed by atoms with Gasteiger partial charge >= 0.3 is 0 Å². The second kappa shape index (κ2) is 10.3. The van der Waals surface area contributed by atoms with Crippen LogP contribution in [0.5, 0.6) is 0 Å². The standard InChI is InChI=1S/C30H32N6O2/c1-2-28(37)33-12-14-34(15-13-33)29-24-10-11-36(27-9-5-7-22-6-3-4-8-23(22)27)21-26(24)25(20-31)30(32-29)35-16-18-38-19-17-35/h2-9H,1,10-19,21H2. The summed E-state index contributed by atoms with van der Waals surface area (Å²) in [5, 5.41) is 12.9. The van der Waals surface area contributed by atoms with E-state index < -0.39 is 0 Å². The Morgan fingerprint density at radius 1 is 0.895 bits per heavy atom. The van der Waals surface area contributed by atoms with Crippen LogP contribution < -0.4 is 14.7 Å². The number of piperazine rings is 1. The molecule has 0 unspecified atom stereocenters. The van der Waals surface area contributed by atoms with Crippen molar-refractivity contribution in [1.29, 1.82) is 5.26 Å². The van der Waals surface area contributed by atoms with E-state index in [0.29, 0.717) is 64.6 Å². The zero-order valence-electron chi connectivity index (χ0n) is 21.6. The molecule has 0 N–H and O–H groups in total. The van der Waals surface area contributed by atoms with Gasteiger partial charge < -0.3 is 24.3 Å². The lowest BCUT2D eigenvalue weighted by Gasteiger charge is -2.40. The zero-order chi connectivity index (χ0) is 26.1. The summed E-state index contributed by atoms with van der Waals surface area (Å²) in [5.74, 6) is 1.69. The van der Waals surface area contributed by atoms with E-state index in [9.17, 15) is 10.1 Å². The molecule has 3 aliphatic rings. The van der Waals surface area contributed by atoms with Gasteiger partial charge in [-0.25, -0.2) is 4.98 Å². The first-order chi connectivity index (χ1) is 18.7. The molecular formula is C30H32N6O2. The number of morpholine rings is 1. The van der Waals surface area contributed by atoms with E-state index in [-0.39, 0.29) is 5.91 Å². The normalized spacial score (nSPS) is 17.8. The van der Waals surface area contributed by atoms with Crippen LogP contribution in [0.25, 0.3) is 10.8 Å². The van der Waals surface area contributed by atoms with Gasteiger partial charge in [-0.3, -0.25) is 4.79 Å². The van der Waals surface area contributed by atoms with Gasteiger partial charge in [0.15, 0.2) is 0 Å². The van der Waals surface area contributed by atoms with E-state index in [0.717, 1.165) is 30.2 Å². The van der Waals surface area contributed by atoms with Crippen LogP contribution in [0.1, 0.15) is 16.7 Å². The van der Waals surface area contributed by atoms with Crippen molar-refractivity contribution in [2.45, 2.75) is 13.0 Å². The van der Waals surface area contributed by atoms with Gasteiger partial charge in [0.1, 0.15) is 17.7 Å². The highest BCUT2D eigenvalue weighted by molar-refractivity contribution is 5.94. The Hall–Kier alpha value is -4.09. The molecule has 0 bridgehead atoms. The van der Waals surface area contributed by atoms with Crippen LogP contribution >= 0.6 is 0 Å². The van der Waals surface area contributed by atoms with Crippen LogP contribution in [0.4, 0.5) is 17.3 Å². The quantitative estimate of drug-likeness (QED) is 0.501. The molecule has 3 aromatic rings. The highest BCUT2D eigenvalue weighted by Crippen LogP contribution is 2.38. The minimum Gasteiger partial charge on any atom is -0.378 e. The van der Waals surface area contributed by atoms with Crippen molar-refractivity contribution >= 4 is 34.0 Å². The van der Waals surface area contributed by atoms with E-state index in [2.05, 4.69) is 69.8 Å². The summed E-state index contributed by atoms with van der Waals surface area (Å²) in [5.41, 5.74) is 4.11. The Morgan fingerprint density at radius 3 is 2.39 bits per heavy atom. The maximum Gasteiger partial charge on any atom is 0.246 e. The Bertz CT molecular complexity index is 1410. The number of hydrogen-bond donors (Lipinski definition) is 0. The Balaban J connectivity index is 1.41. The molecule has 0 radical (unpaired) electrons. The van der Waals surface area contributed by atoms with E-state index in [1.54, 1.807) is 0 Å². The fourth-order valence-corrected chi connectivity index (χ4v) is 5.94. The van der Waals surface area contributed by atoms with Crippen LogP contribution in [0.2, 0.25) is 0 Å². The van der Waals surface area contributed by atoms with Crippen LogP contribution in [-0.4, -0.2) is 74.8 Å². The molecule has 8 nitrogen and oxygen atoms in total. The first-order valence-corrected chi connectivity index (χ1v) is 13.4. The van der Waals surface area contributed by atoms with Gasteiger partial charge in [0, 0.05) is 69.0 Å². The molecule has 4 heterocycles. The minimum absolute atomic E-state index is 0.0285. The van der Waals surface area contributed by atoms with Gasteiger partial charge in [-0.05, 0) is 29.5 Å². The summed E-state index contributed by atoms with van der Waals surface area (Å²) in [6.07, 6.45) is 2.20. The SMILES string of the molecule is C=CC(=O)N1CCN(c2nc(N3CCOCC3)c(C#N)c3c2CCN(c2cccc4ccccc24)C3)CC1. The summed E-state index contributed by atoms with van der Waals surface area (Å²) >= 11 is 0. The maximum atomic E-state index is 12.2. The van der Waals surface area contributed by atoms with E-state index in [4.69, 9.17) is 9.72 Å². The lowest BCUT2D eigenvalue weighted by atomic mass is 9.94. The number of ether oxygens (including phenoxy) is 1. The predicted octanol–water partition coefficient (Wildman–Crippen LogP) is 3.34. The zero-order valence-corrected chi connectivity index (χ0v) is 21.6. The van der Waals surface area contributed by atoms with Crippen LogP contribution in [-0.2, 0) is 22.5 Å². The van der Waals surface area contributed by atoms with Gasteiger partial charge in [-0.1, -0.05) is 43.0 Å². The predicted molar refractivity (Wildman–Crippen MR) is 150 cm³/mol. The molecule has 3 aliphatic heterocycles. The highest BCUT2D eigenvalue weighted by Gasteiger charge is 2.32. The van der Waals surface area contributed by atoms with E-state index in [1.807, 2.05) is 4.90 Å². The van der Waals surface area contributed by atoms with Crippen LogP contribution in [0.3, 0.4) is 0 Å². The van der Waals surface area contributed by atoms with Gasteiger partial charge in [-0.2, -0.15) is 5.26 Å². The number of rotatable bonds is 4. The summed E-state index contributed by atoms with van der Waals surface area (Å²) < 4.78 is 5.60. The molecule has 1 aromatic heterocycles. The second-order valence-corrected chi connectivity index (χ2v) is 9.99. The minimum atomic E-state index is -0.0285. The average molecular weight is 509 g/mol. The molecule has 0 atom stereocenters. The van der Waals surface area contributed by atoms with Gasteiger partial charge in [0.2, 0.25) is 5.91 Å². The van der Waals surface area contributed by atoms with Crippen molar-refractivity contribution < 1.29 is 9.53 Å². The third-order valence-corrected chi connectivity index (χ3v) is 7.95. The number of amides is 1. The molecule has 0 aliphatic carbocycles. The van der Waals surface area contributed by atoms with Gasteiger partial charge in [-0.15, -0.1) is 0 Å². The molecule has 2 fully saturated rings. The Kier molecular flexibility index (Phi) is 6.61. The fourth-order valence-electron chi connectivity index (χ4n) is 5.94. The van der Waals surface area contributed by atoms with Crippen molar-refractivity contribution in [3.8, 4) is 6.07 Å². The lowest BCUT2D eigenvalue weighted by Crippen LogP contribution is -2.49. The molecule has 0 saturated carbocycles. The fraction of sp³-hybridized carbons (Fsp3) is 0.367. The number of aromatic nitrogens is 1. The maximum absolute atomic E-state index is 12.2. The van der Waals surface area contributed by atoms with E-state index >= 15 is 0 Å². The third-order valence-electron chi connectivity index (χ3n) is 7.95. The first kappa shape index (κ1) is 24.3. The number of carbonyl (C=O) groups is 1. The molecule has 0 spiro atoms. The smallest absolute Gasteiger partial charge is 0.246 e. The van der Waals surface area contributed by atoms with Gasteiger partial charge in [0.05, 0.1) is 18.8 Å². The number of hydrogen-bond acceptors (Lipinski definition) is 7. The van der Waals surface area contributed by atoms with Crippen molar-refractivity contribution in [2.75, 3.05) is 73.7 Å². The topological polar surface area (TPSA) is 75.9 Å². The largest absolute Gasteiger partial charge is 0.378 e. The number of nitriles is 1. The monoisotopic (exact) mass is 508 g/mol. The van der Waals surface area contributed by atoms with Gasteiger partial charge in [0.25, 0.3) is 0 Å². The number of carbonyl (C=O) groups excluding carboxylic acids is 1. The average Bonchev–Trinajstić information content (AvgIpc) is 2.99. The summed E-state index contributed by atoms with van der Waals surface area (Å²) in [4.78, 5) is 26.1. The summed E-state index contributed by atoms with van der Waals surface area (Å²) in [6.45, 7) is 10.5. The third kappa shape index (κ3) is 4.33. The highest BCUT2D eigenvalue weighted by atomic mass is 16.5. The Labute approximate surface area is 223 Å². The number of benzene rings is 2. The summed E-state index contributed by atoms with van der Waals surface area (Å²) in [6, 6.07) is 17.4. The van der Waals surface area contributed by atoms with Crippen molar-refractivity contribution in [3.63, 3.8) is 0 Å². The molecule has 8 heteroatoms. The number of nitrogens with zero attached hydrogens (tertiary/aromatic N) is 6. The number of fused-ring (bicyclic) bond motifs is 2. The molecular weight excluding hydrogens is 476 g/mol. The van der Waals surface area contributed by atoms with Crippen LogP contribution in [0, 0.1) is 11.3 Å². The molecule has 38 heavy (non-hydrogen) atoms. The molecule has 6 rings (SSSR count). The van der Waals surface area contributed by atoms with Crippen LogP contribution in [0.15, 0.2) is 55.1 Å². The molecule has 1 amide bonds. The lowest BCUT2D eigenvalue weighted by molar-refractivity contribution is -0.126. The molecule has 2 saturated heterocycles. The summed E-state index contributed by atoms with van der Waals surface area (Å²) in [7, 11) is 0. The number of anilines is 3. The van der Waals surface area contributed by atoms with Crippen molar-refractivity contribution in [2.24, 2.45) is 0 Å². The Morgan fingerprint density at radius 2 is 1.63 bits per heavy atom. The first-order valence-electron chi connectivity index (χ1n) is 13.4. The van der Waals surface area contributed by atoms with Crippen molar-refractivity contribution in [3.05, 3.63) is 71.8 Å². The van der Waals surface area contributed by atoms with E-state index in [1.165, 1.54) is 28.1 Å². The van der Waals surface area contributed by atoms with Crippen molar-refractivity contribution in [1.82, 2.24) is 9.88 Å². The number of pyridine rings is 1. The molecule has 2 aromatic carbocycles. The second-order valence-electron chi connectivity index (χ2n) is 9.99. The molecule has 194 valence electrons.